The van der Waals surface area contributed by atoms with Crippen molar-refractivity contribution < 1.29 is 32.1 Å². The van der Waals surface area contributed by atoms with Crippen LogP contribution in [0.1, 0.15) is 61.9 Å². The number of aliphatic hydroxyl groups is 1. The van der Waals surface area contributed by atoms with Gasteiger partial charge in [0, 0.05) is 36.2 Å². The molecule has 1 heterocycles. The molecule has 0 bridgehead atoms. The SMILES string of the molecule is C=CC(C)(O)C(Cc1cc2c(c(CN/C(=C/CC)c3ccc(C(F)(F)F)cc3F)c1)OCC2)OC(C)C. The molecule has 0 amide bonds. The molecule has 37 heavy (non-hydrogen) atoms. The van der Waals surface area contributed by atoms with Gasteiger partial charge in [-0.15, -0.1) is 6.58 Å². The van der Waals surface area contributed by atoms with Crippen LogP contribution in [0.2, 0.25) is 0 Å². The van der Waals surface area contributed by atoms with E-state index in [1.54, 1.807) is 13.0 Å². The Balaban J connectivity index is 1.89. The Morgan fingerprint density at radius 1 is 1.24 bits per heavy atom. The van der Waals surface area contributed by atoms with E-state index in [0.29, 0.717) is 31.2 Å². The maximum atomic E-state index is 14.7. The summed E-state index contributed by atoms with van der Waals surface area (Å²) in [5.41, 5.74) is 0.999. The number of allylic oxidation sites excluding steroid dienone is 1. The number of rotatable bonds is 11. The predicted molar refractivity (Wildman–Crippen MR) is 137 cm³/mol. The van der Waals surface area contributed by atoms with Crippen molar-refractivity contribution in [1.29, 1.82) is 0 Å². The van der Waals surface area contributed by atoms with Gasteiger partial charge in [0.1, 0.15) is 17.2 Å². The molecule has 0 saturated carbocycles. The van der Waals surface area contributed by atoms with Gasteiger partial charge in [0.15, 0.2) is 0 Å². The van der Waals surface area contributed by atoms with E-state index in [9.17, 15) is 22.7 Å². The van der Waals surface area contributed by atoms with Crippen molar-refractivity contribution in [2.24, 2.45) is 0 Å². The smallest absolute Gasteiger partial charge is 0.416 e. The van der Waals surface area contributed by atoms with E-state index >= 15 is 0 Å². The minimum absolute atomic E-state index is 0.0657. The standard InChI is InChI=1S/C29H35F4NO3/c1-6-8-25(23-10-9-22(16-24(23)30)29(31,32)33)34-17-21-14-19(13-20-11-12-36-27(20)21)15-26(37-18(3)4)28(5,35)7-2/h7-10,13-14,16,18,26,34-35H,2,6,11-12,15,17H2,1,3-5H3/b25-8+. The Labute approximate surface area is 216 Å². The zero-order valence-electron chi connectivity index (χ0n) is 21.7. The summed E-state index contributed by atoms with van der Waals surface area (Å²) in [6.07, 6.45) is -0.310. The van der Waals surface area contributed by atoms with Crippen LogP contribution in [-0.4, -0.2) is 29.5 Å². The van der Waals surface area contributed by atoms with E-state index in [0.717, 1.165) is 41.0 Å². The van der Waals surface area contributed by atoms with Gasteiger partial charge in [-0.3, -0.25) is 0 Å². The first-order chi connectivity index (χ1) is 17.4. The molecule has 2 atom stereocenters. The van der Waals surface area contributed by atoms with Crippen LogP contribution in [-0.2, 0) is 30.3 Å². The normalized spacial score (nSPS) is 16.2. The van der Waals surface area contributed by atoms with Gasteiger partial charge in [-0.2, -0.15) is 13.2 Å². The monoisotopic (exact) mass is 521 g/mol. The number of halogens is 4. The molecular weight excluding hydrogens is 486 g/mol. The van der Waals surface area contributed by atoms with Crippen LogP contribution in [0, 0.1) is 5.82 Å². The molecule has 1 aliphatic rings. The first kappa shape index (κ1) is 28.7. The van der Waals surface area contributed by atoms with Crippen molar-refractivity contribution in [2.75, 3.05) is 6.61 Å². The van der Waals surface area contributed by atoms with Crippen LogP contribution in [0.5, 0.6) is 5.75 Å². The summed E-state index contributed by atoms with van der Waals surface area (Å²) in [6, 6.07) is 6.54. The van der Waals surface area contributed by atoms with Gasteiger partial charge in [-0.05, 0) is 56.5 Å². The van der Waals surface area contributed by atoms with Gasteiger partial charge in [0.25, 0.3) is 0 Å². The molecule has 8 heteroatoms. The molecule has 3 rings (SSSR count). The Hall–Kier alpha value is -2.84. The van der Waals surface area contributed by atoms with Crippen molar-refractivity contribution >= 4 is 5.70 Å². The number of benzene rings is 2. The molecule has 0 fully saturated rings. The molecule has 0 radical (unpaired) electrons. The largest absolute Gasteiger partial charge is 0.493 e. The van der Waals surface area contributed by atoms with Crippen molar-refractivity contribution in [1.82, 2.24) is 5.32 Å². The topological polar surface area (TPSA) is 50.7 Å². The van der Waals surface area contributed by atoms with Gasteiger partial charge in [0.2, 0.25) is 0 Å². The van der Waals surface area contributed by atoms with Gasteiger partial charge >= 0.3 is 6.18 Å². The first-order valence-corrected chi connectivity index (χ1v) is 12.5. The Kier molecular flexibility index (Phi) is 9.08. The second kappa shape index (κ2) is 11.7. The molecular formula is C29H35F4NO3. The Morgan fingerprint density at radius 2 is 1.97 bits per heavy atom. The minimum atomic E-state index is -4.62. The summed E-state index contributed by atoms with van der Waals surface area (Å²) >= 11 is 0. The molecule has 2 aromatic rings. The van der Waals surface area contributed by atoms with Crippen molar-refractivity contribution in [2.45, 2.75) is 77.5 Å². The summed E-state index contributed by atoms with van der Waals surface area (Å²) < 4.78 is 65.6. The molecule has 0 aliphatic carbocycles. The van der Waals surface area contributed by atoms with E-state index in [1.807, 2.05) is 32.9 Å². The Bertz CT molecular complexity index is 1140. The van der Waals surface area contributed by atoms with Crippen molar-refractivity contribution in [3.8, 4) is 5.75 Å². The summed E-state index contributed by atoms with van der Waals surface area (Å²) in [6.45, 7) is 11.9. The van der Waals surface area contributed by atoms with Crippen LogP contribution in [0.25, 0.3) is 5.70 Å². The van der Waals surface area contributed by atoms with E-state index in [1.165, 1.54) is 6.08 Å². The molecule has 202 valence electrons. The lowest BCUT2D eigenvalue weighted by Crippen LogP contribution is -2.42. The van der Waals surface area contributed by atoms with Crippen LogP contribution in [0.4, 0.5) is 17.6 Å². The highest BCUT2D eigenvalue weighted by atomic mass is 19.4. The zero-order valence-corrected chi connectivity index (χ0v) is 21.7. The second-order valence-corrected chi connectivity index (χ2v) is 9.72. The summed E-state index contributed by atoms with van der Waals surface area (Å²) in [4.78, 5) is 0. The summed E-state index contributed by atoms with van der Waals surface area (Å²) in [5, 5.41) is 14.0. The average molecular weight is 522 g/mol. The van der Waals surface area contributed by atoms with Crippen molar-refractivity contribution in [3.05, 3.63) is 82.7 Å². The number of alkyl halides is 3. The van der Waals surface area contributed by atoms with Gasteiger partial charge in [-0.1, -0.05) is 31.2 Å². The lowest BCUT2D eigenvalue weighted by atomic mass is 9.91. The van der Waals surface area contributed by atoms with E-state index < -0.39 is 29.3 Å². The number of ether oxygens (including phenoxy) is 2. The van der Waals surface area contributed by atoms with Gasteiger partial charge < -0.3 is 19.9 Å². The number of nitrogens with one attached hydrogen (secondary N) is 1. The van der Waals surface area contributed by atoms with Crippen LogP contribution in [0.15, 0.2) is 49.1 Å². The summed E-state index contributed by atoms with van der Waals surface area (Å²) in [7, 11) is 0. The summed E-state index contributed by atoms with van der Waals surface area (Å²) in [5.74, 6) is -0.200. The van der Waals surface area contributed by atoms with E-state index in [-0.39, 0.29) is 18.2 Å². The third-order valence-electron chi connectivity index (χ3n) is 6.31. The highest BCUT2D eigenvalue weighted by Crippen LogP contribution is 2.34. The lowest BCUT2D eigenvalue weighted by molar-refractivity contribution is -0.137. The highest BCUT2D eigenvalue weighted by molar-refractivity contribution is 5.65. The van der Waals surface area contributed by atoms with E-state index in [2.05, 4.69) is 11.9 Å². The molecule has 0 spiro atoms. The molecule has 2 unspecified atom stereocenters. The molecule has 0 aromatic heterocycles. The fourth-order valence-electron chi connectivity index (χ4n) is 4.36. The predicted octanol–water partition coefficient (Wildman–Crippen LogP) is 6.59. The number of hydrogen-bond donors (Lipinski definition) is 2. The molecule has 2 N–H and O–H groups in total. The molecule has 4 nitrogen and oxygen atoms in total. The van der Waals surface area contributed by atoms with Crippen LogP contribution in [0.3, 0.4) is 0 Å². The fourth-order valence-corrected chi connectivity index (χ4v) is 4.36. The quantitative estimate of drug-likeness (QED) is 0.259. The minimum Gasteiger partial charge on any atom is -0.493 e. The van der Waals surface area contributed by atoms with Gasteiger partial charge in [-0.25, -0.2) is 4.39 Å². The van der Waals surface area contributed by atoms with E-state index in [4.69, 9.17) is 9.47 Å². The second-order valence-electron chi connectivity index (χ2n) is 9.72. The maximum Gasteiger partial charge on any atom is 0.416 e. The first-order valence-electron chi connectivity index (χ1n) is 12.5. The Morgan fingerprint density at radius 3 is 2.57 bits per heavy atom. The number of hydrogen-bond acceptors (Lipinski definition) is 4. The molecule has 2 aromatic carbocycles. The van der Waals surface area contributed by atoms with Crippen LogP contribution < -0.4 is 10.1 Å². The van der Waals surface area contributed by atoms with Gasteiger partial charge in [0.05, 0.1) is 24.4 Å². The maximum absolute atomic E-state index is 14.7. The lowest BCUT2D eigenvalue weighted by Gasteiger charge is -2.32. The molecule has 1 aliphatic heterocycles. The molecule has 0 saturated heterocycles. The zero-order chi connectivity index (χ0) is 27.4. The fraction of sp³-hybridized carbons (Fsp3) is 0.448. The number of fused-ring (bicyclic) bond motifs is 1. The third-order valence-corrected chi connectivity index (χ3v) is 6.31. The third kappa shape index (κ3) is 7.14. The van der Waals surface area contributed by atoms with Crippen LogP contribution >= 0.6 is 0 Å². The highest BCUT2D eigenvalue weighted by Gasteiger charge is 2.32. The average Bonchev–Trinajstić information content (AvgIpc) is 3.29. The van der Waals surface area contributed by atoms with Crippen molar-refractivity contribution in [3.63, 3.8) is 0 Å².